The first-order chi connectivity index (χ1) is 6.00. The maximum atomic E-state index is 10.9. The second-order valence-electron chi connectivity index (χ2n) is 2.26. The molecule has 1 rings (SSSR count). The summed E-state index contributed by atoms with van der Waals surface area (Å²) in [5.74, 6) is 0.223. The van der Waals surface area contributed by atoms with Crippen molar-refractivity contribution in [2.75, 3.05) is 6.26 Å². The molecule has 0 saturated carbocycles. The summed E-state index contributed by atoms with van der Waals surface area (Å²) in [6.45, 7) is 0. The fourth-order valence-corrected chi connectivity index (χ4v) is 1.97. The third-order valence-electron chi connectivity index (χ3n) is 1.19. The van der Waals surface area contributed by atoms with Crippen molar-refractivity contribution in [1.82, 2.24) is 9.97 Å². The van der Waals surface area contributed by atoms with Crippen molar-refractivity contribution in [3.05, 3.63) is 21.2 Å². The van der Waals surface area contributed by atoms with E-state index in [1.54, 1.807) is 6.26 Å². The number of nitrogens with zero attached hydrogens (tertiary/aromatic N) is 2. The average molecular weight is 260 g/mol. The van der Waals surface area contributed by atoms with Crippen molar-refractivity contribution < 1.29 is 4.21 Å². The maximum absolute atomic E-state index is 10.9. The van der Waals surface area contributed by atoms with Gasteiger partial charge in [-0.3, -0.25) is 4.21 Å². The molecule has 1 unspecified atom stereocenters. The first-order valence-corrected chi connectivity index (χ1v) is 6.04. The van der Waals surface area contributed by atoms with Crippen LogP contribution in [0.3, 0.4) is 0 Å². The highest BCUT2D eigenvalue weighted by atomic mass is 35.5. The van der Waals surface area contributed by atoms with Crippen molar-refractivity contribution in [2.24, 2.45) is 0 Å². The van der Waals surface area contributed by atoms with Gasteiger partial charge < -0.3 is 0 Å². The van der Waals surface area contributed by atoms with Crippen LogP contribution in [0.25, 0.3) is 0 Å². The third kappa shape index (κ3) is 3.06. The zero-order valence-corrected chi connectivity index (χ0v) is 9.64. The second kappa shape index (κ2) is 4.55. The quantitative estimate of drug-likeness (QED) is 0.605. The molecule has 1 aromatic rings. The molecule has 13 heavy (non-hydrogen) atoms. The van der Waals surface area contributed by atoms with E-state index in [9.17, 15) is 4.21 Å². The Balaban J connectivity index is 3.12. The topological polar surface area (TPSA) is 42.9 Å². The molecule has 0 aliphatic carbocycles. The summed E-state index contributed by atoms with van der Waals surface area (Å²) >= 11 is 16.9. The number of hydrogen-bond donors (Lipinski definition) is 0. The van der Waals surface area contributed by atoms with Crippen molar-refractivity contribution in [2.45, 2.75) is 5.75 Å². The molecule has 1 atom stereocenters. The highest BCUT2D eigenvalue weighted by Crippen LogP contribution is 2.24. The van der Waals surface area contributed by atoms with Crippen molar-refractivity contribution >= 4 is 45.6 Å². The molecular weight excluding hydrogens is 255 g/mol. The Morgan fingerprint density at radius 1 is 1.31 bits per heavy atom. The minimum absolute atomic E-state index is 0.00912. The minimum Gasteiger partial charge on any atom is -0.259 e. The van der Waals surface area contributed by atoms with Crippen molar-refractivity contribution in [3.8, 4) is 0 Å². The summed E-state index contributed by atoms with van der Waals surface area (Å²) in [5, 5.41) is 0.304. The van der Waals surface area contributed by atoms with Gasteiger partial charge in [0.25, 0.3) is 0 Å². The molecule has 0 amide bonds. The summed E-state index contributed by atoms with van der Waals surface area (Å²) in [6.07, 6.45) is 1.54. The first kappa shape index (κ1) is 11.2. The van der Waals surface area contributed by atoms with Crippen LogP contribution in [0, 0.1) is 0 Å². The summed E-state index contributed by atoms with van der Waals surface area (Å²) in [7, 11) is -1.04. The summed E-state index contributed by atoms with van der Waals surface area (Å²) in [4.78, 5) is 7.45. The van der Waals surface area contributed by atoms with Gasteiger partial charge in [0.2, 0.25) is 5.28 Å². The predicted molar refractivity (Wildman–Crippen MR) is 54.8 cm³/mol. The largest absolute Gasteiger partial charge is 0.259 e. The van der Waals surface area contributed by atoms with Gasteiger partial charge in [0.05, 0.1) is 11.4 Å². The van der Waals surface area contributed by atoms with Crippen molar-refractivity contribution in [1.29, 1.82) is 0 Å². The van der Waals surface area contributed by atoms with E-state index < -0.39 is 10.8 Å². The number of rotatable bonds is 2. The van der Waals surface area contributed by atoms with Crippen LogP contribution in [-0.2, 0) is 16.6 Å². The highest BCUT2D eigenvalue weighted by molar-refractivity contribution is 7.83. The first-order valence-electron chi connectivity index (χ1n) is 3.18. The van der Waals surface area contributed by atoms with E-state index in [4.69, 9.17) is 34.8 Å². The summed E-state index contributed by atoms with van der Waals surface area (Å²) in [6, 6.07) is 0. The normalized spacial score (nSPS) is 12.9. The molecule has 0 N–H and O–H groups in total. The zero-order valence-electron chi connectivity index (χ0n) is 6.55. The Morgan fingerprint density at radius 3 is 2.46 bits per heavy atom. The van der Waals surface area contributed by atoms with E-state index in [1.165, 1.54) is 0 Å². The predicted octanol–water partition coefficient (Wildman–Crippen LogP) is 2.32. The average Bonchev–Trinajstić information content (AvgIpc) is 1.98. The SMILES string of the molecule is CS(=O)Cc1nc(Cl)nc(Cl)c1Cl. The van der Waals surface area contributed by atoms with Crippen LogP contribution >= 0.6 is 34.8 Å². The second-order valence-corrected chi connectivity index (χ2v) is 4.77. The van der Waals surface area contributed by atoms with Crippen LogP contribution in [0.1, 0.15) is 5.69 Å². The Bertz CT molecular complexity index is 358. The molecule has 3 nitrogen and oxygen atoms in total. The van der Waals surface area contributed by atoms with Gasteiger partial charge in [0.15, 0.2) is 5.15 Å². The fourth-order valence-electron chi connectivity index (χ4n) is 0.723. The molecule has 0 aromatic carbocycles. The molecular formula is C6H5Cl3N2OS. The molecule has 0 fully saturated rings. The summed E-state index contributed by atoms with van der Waals surface area (Å²) < 4.78 is 10.9. The lowest BCUT2D eigenvalue weighted by molar-refractivity contribution is 0.686. The van der Waals surface area contributed by atoms with Gasteiger partial charge in [-0.2, -0.15) is 0 Å². The van der Waals surface area contributed by atoms with Gasteiger partial charge in [-0.25, -0.2) is 9.97 Å². The van der Waals surface area contributed by atoms with E-state index >= 15 is 0 Å². The molecule has 0 aliphatic heterocycles. The summed E-state index contributed by atoms with van der Waals surface area (Å²) in [5.41, 5.74) is 0.410. The van der Waals surface area contributed by atoms with Gasteiger partial charge in [0.1, 0.15) is 5.02 Å². The molecule has 1 aromatic heterocycles. The molecule has 72 valence electrons. The lowest BCUT2D eigenvalue weighted by atomic mass is 10.4. The van der Waals surface area contributed by atoms with E-state index in [2.05, 4.69) is 9.97 Å². The standard InChI is InChI=1S/C6H5Cl3N2OS/c1-13(12)2-3-4(7)5(8)11-6(9)10-3/h2H2,1H3. The lowest BCUT2D eigenvalue weighted by Gasteiger charge is -2.02. The van der Waals surface area contributed by atoms with Crippen LogP contribution in [0.2, 0.25) is 15.5 Å². The molecule has 0 bridgehead atoms. The molecule has 0 radical (unpaired) electrons. The van der Waals surface area contributed by atoms with E-state index in [0.717, 1.165) is 0 Å². The lowest BCUT2D eigenvalue weighted by Crippen LogP contribution is -1.99. The van der Waals surface area contributed by atoms with Gasteiger partial charge in [-0.05, 0) is 11.6 Å². The van der Waals surface area contributed by atoms with E-state index in [1.807, 2.05) is 0 Å². The molecule has 7 heteroatoms. The molecule has 0 spiro atoms. The molecule has 0 aliphatic rings. The molecule has 0 saturated heterocycles. The van der Waals surface area contributed by atoms with Gasteiger partial charge >= 0.3 is 0 Å². The Kier molecular flexibility index (Phi) is 3.91. The van der Waals surface area contributed by atoms with Crippen molar-refractivity contribution in [3.63, 3.8) is 0 Å². The van der Waals surface area contributed by atoms with Crippen LogP contribution < -0.4 is 0 Å². The van der Waals surface area contributed by atoms with E-state index in [-0.39, 0.29) is 21.2 Å². The smallest absolute Gasteiger partial charge is 0.224 e. The Morgan fingerprint density at radius 2 is 1.92 bits per heavy atom. The minimum atomic E-state index is -1.04. The monoisotopic (exact) mass is 258 g/mol. The van der Waals surface area contributed by atoms with Crippen LogP contribution in [0.15, 0.2) is 0 Å². The number of halogens is 3. The molecule has 1 heterocycles. The number of hydrogen-bond acceptors (Lipinski definition) is 3. The van der Waals surface area contributed by atoms with Crippen LogP contribution in [0.4, 0.5) is 0 Å². The Hall–Kier alpha value is 0.1000. The van der Waals surface area contributed by atoms with Crippen LogP contribution in [0.5, 0.6) is 0 Å². The highest BCUT2D eigenvalue weighted by Gasteiger charge is 2.11. The van der Waals surface area contributed by atoms with Gasteiger partial charge in [0, 0.05) is 17.1 Å². The maximum Gasteiger partial charge on any atom is 0.224 e. The van der Waals surface area contributed by atoms with Gasteiger partial charge in [-0.15, -0.1) is 0 Å². The van der Waals surface area contributed by atoms with Gasteiger partial charge in [-0.1, -0.05) is 23.2 Å². The third-order valence-corrected chi connectivity index (χ3v) is 2.81. The van der Waals surface area contributed by atoms with Crippen LogP contribution in [-0.4, -0.2) is 20.4 Å². The fraction of sp³-hybridized carbons (Fsp3) is 0.333. The number of aromatic nitrogens is 2. The van der Waals surface area contributed by atoms with E-state index in [0.29, 0.717) is 5.69 Å². The Labute approximate surface area is 92.9 Å². The zero-order chi connectivity index (χ0) is 10.0.